The molecule has 0 aliphatic rings. The van der Waals surface area contributed by atoms with Crippen LogP contribution in [-0.4, -0.2) is 6.54 Å². The third-order valence-corrected chi connectivity index (χ3v) is 4.37. The summed E-state index contributed by atoms with van der Waals surface area (Å²) in [6.45, 7) is 5.22. The molecule has 1 aromatic heterocycles. The molecule has 0 saturated heterocycles. The van der Waals surface area contributed by atoms with Crippen molar-refractivity contribution < 1.29 is 0 Å². The molecule has 0 bridgehead atoms. The van der Waals surface area contributed by atoms with Crippen LogP contribution in [0.4, 0.5) is 0 Å². The first-order chi connectivity index (χ1) is 8.22. The number of rotatable bonds is 4. The predicted molar refractivity (Wildman–Crippen MR) is 78.7 cm³/mol. The van der Waals surface area contributed by atoms with Gasteiger partial charge in [-0.3, -0.25) is 0 Å². The van der Waals surface area contributed by atoms with Crippen LogP contribution in [0.5, 0.6) is 0 Å². The molecule has 1 N–H and O–H groups in total. The molecule has 3 heteroatoms. The van der Waals surface area contributed by atoms with Crippen LogP contribution < -0.4 is 5.32 Å². The van der Waals surface area contributed by atoms with Crippen molar-refractivity contribution in [2.45, 2.75) is 19.9 Å². The minimum atomic E-state index is 0.295. The van der Waals surface area contributed by atoms with E-state index < -0.39 is 0 Å². The van der Waals surface area contributed by atoms with E-state index in [4.69, 9.17) is 0 Å². The van der Waals surface area contributed by atoms with Crippen molar-refractivity contribution in [1.29, 1.82) is 0 Å². The highest BCUT2D eigenvalue weighted by molar-refractivity contribution is 9.10. The Morgan fingerprint density at radius 2 is 2.12 bits per heavy atom. The Kier molecular flexibility index (Phi) is 4.37. The SMILES string of the molecule is CCNC(c1ccsc1)c1ccc(C)c(Br)c1. The van der Waals surface area contributed by atoms with E-state index in [-0.39, 0.29) is 0 Å². The molecular formula is C14H16BrNS. The van der Waals surface area contributed by atoms with Crippen molar-refractivity contribution in [2.24, 2.45) is 0 Å². The van der Waals surface area contributed by atoms with Gasteiger partial charge in [0.2, 0.25) is 0 Å². The molecule has 0 aliphatic carbocycles. The molecule has 90 valence electrons. The zero-order valence-electron chi connectivity index (χ0n) is 10.0. The summed E-state index contributed by atoms with van der Waals surface area (Å²) in [5.41, 5.74) is 3.92. The van der Waals surface area contributed by atoms with Crippen LogP contribution in [0.1, 0.15) is 29.7 Å². The van der Waals surface area contributed by atoms with Crippen LogP contribution in [0.3, 0.4) is 0 Å². The molecule has 1 atom stereocenters. The second-order valence-electron chi connectivity index (χ2n) is 4.06. The second kappa shape index (κ2) is 5.80. The van der Waals surface area contributed by atoms with Crippen molar-refractivity contribution in [1.82, 2.24) is 5.32 Å². The molecule has 17 heavy (non-hydrogen) atoms. The van der Waals surface area contributed by atoms with Crippen molar-refractivity contribution in [3.05, 3.63) is 56.2 Å². The highest BCUT2D eigenvalue weighted by atomic mass is 79.9. The monoisotopic (exact) mass is 309 g/mol. The van der Waals surface area contributed by atoms with Gasteiger partial charge in [-0.2, -0.15) is 11.3 Å². The quantitative estimate of drug-likeness (QED) is 0.875. The first-order valence-corrected chi connectivity index (χ1v) is 7.47. The molecule has 0 saturated carbocycles. The summed E-state index contributed by atoms with van der Waals surface area (Å²) in [4.78, 5) is 0. The summed E-state index contributed by atoms with van der Waals surface area (Å²) in [5, 5.41) is 7.87. The summed E-state index contributed by atoms with van der Waals surface area (Å²) in [6.07, 6.45) is 0. The maximum atomic E-state index is 3.60. The molecule has 0 amide bonds. The molecule has 1 nitrogen and oxygen atoms in total. The Labute approximate surface area is 115 Å². The van der Waals surface area contributed by atoms with Gasteiger partial charge in [-0.15, -0.1) is 0 Å². The molecule has 0 fully saturated rings. The summed E-state index contributed by atoms with van der Waals surface area (Å²) in [7, 11) is 0. The molecule has 1 aromatic carbocycles. The molecule has 0 radical (unpaired) electrons. The van der Waals surface area contributed by atoms with E-state index >= 15 is 0 Å². The second-order valence-corrected chi connectivity index (χ2v) is 5.69. The number of benzene rings is 1. The van der Waals surface area contributed by atoms with Gasteiger partial charge in [0, 0.05) is 4.47 Å². The number of halogens is 1. The van der Waals surface area contributed by atoms with Gasteiger partial charge in [0.1, 0.15) is 0 Å². The fourth-order valence-electron chi connectivity index (χ4n) is 1.86. The van der Waals surface area contributed by atoms with Crippen LogP contribution in [0.15, 0.2) is 39.5 Å². The average Bonchev–Trinajstić information content (AvgIpc) is 2.83. The minimum absolute atomic E-state index is 0.295. The molecule has 2 rings (SSSR count). The zero-order chi connectivity index (χ0) is 12.3. The first kappa shape index (κ1) is 12.8. The number of hydrogen-bond acceptors (Lipinski definition) is 2. The van der Waals surface area contributed by atoms with Gasteiger partial charge in [0.05, 0.1) is 6.04 Å². The average molecular weight is 310 g/mol. The van der Waals surface area contributed by atoms with Gasteiger partial charge in [-0.05, 0) is 53.1 Å². The van der Waals surface area contributed by atoms with E-state index in [9.17, 15) is 0 Å². The third-order valence-electron chi connectivity index (χ3n) is 2.81. The largest absolute Gasteiger partial charge is 0.307 e. The fourth-order valence-corrected chi connectivity index (χ4v) is 2.94. The van der Waals surface area contributed by atoms with Gasteiger partial charge in [-0.25, -0.2) is 0 Å². The van der Waals surface area contributed by atoms with Crippen LogP contribution >= 0.6 is 27.3 Å². The lowest BCUT2D eigenvalue weighted by molar-refractivity contribution is 0.632. The standard InChI is InChI=1S/C14H16BrNS/c1-3-16-14(12-6-7-17-9-12)11-5-4-10(2)13(15)8-11/h4-9,14,16H,3H2,1-2H3. The normalized spacial score (nSPS) is 12.6. The lowest BCUT2D eigenvalue weighted by Gasteiger charge is -2.18. The van der Waals surface area contributed by atoms with Crippen molar-refractivity contribution >= 4 is 27.3 Å². The summed E-state index contributed by atoms with van der Waals surface area (Å²) < 4.78 is 1.17. The molecule has 0 aliphatic heterocycles. The van der Waals surface area contributed by atoms with Gasteiger partial charge >= 0.3 is 0 Å². The number of hydrogen-bond donors (Lipinski definition) is 1. The van der Waals surface area contributed by atoms with Crippen LogP contribution in [0, 0.1) is 6.92 Å². The molecule has 2 aromatic rings. The van der Waals surface area contributed by atoms with Gasteiger partial charge in [0.15, 0.2) is 0 Å². The Bertz CT molecular complexity index is 479. The first-order valence-electron chi connectivity index (χ1n) is 5.74. The van der Waals surface area contributed by atoms with Gasteiger partial charge in [0.25, 0.3) is 0 Å². The van der Waals surface area contributed by atoms with Gasteiger partial charge < -0.3 is 5.32 Å². The van der Waals surface area contributed by atoms with Crippen LogP contribution in [-0.2, 0) is 0 Å². The smallest absolute Gasteiger partial charge is 0.0585 e. The summed E-state index contributed by atoms with van der Waals surface area (Å²) in [6, 6.07) is 9.05. The van der Waals surface area contributed by atoms with E-state index in [1.165, 1.54) is 21.2 Å². The molecule has 1 unspecified atom stereocenters. The van der Waals surface area contributed by atoms with Crippen LogP contribution in [0.25, 0.3) is 0 Å². The zero-order valence-corrected chi connectivity index (χ0v) is 12.4. The van der Waals surface area contributed by atoms with E-state index in [1.54, 1.807) is 11.3 Å². The highest BCUT2D eigenvalue weighted by Crippen LogP contribution is 2.27. The van der Waals surface area contributed by atoms with Crippen molar-refractivity contribution in [3.63, 3.8) is 0 Å². The third kappa shape index (κ3) is 2.97. The lowest BCUT2D eigenvalue weighted by atomic mass is 10.0. The van der Waals surface area contributed by atoms with E-state index in [0.717, 1.165) is 6.54 Å². The van der Waals surface area contributed by atoms with Gasteiger partial charge in [-0.1, -0.05) is 35.0 Å². The topological polar surface area (TPSA) is 12.0 Å². The minimum Gasteiger partial charge on any atom is -0.307 e. The number of nitrogens with one attached hydrogen (secondary N) is 1. The van der Waals surface area contributed by atoms with Crippen molar-refractivity contribution in [3.8, 4) is 0 Å². The highest BCUT2D eigenvalue weighted by Gasteiger charge is 2.13. The lowest BCUT2D eigenvalue weighted by Crippen LogP contribution is -2.21. The number of aryl methyl sites for hydroxylation is 1. The maximum absolute atomic E-state index is 3.60. The maximum Gasteiger partial charge on any atom is 0.0585 e. The molecule has 0 spiro atoms. The summed E-state index contributed by atoms with van der Waals surface area (Å²) in [5.74, 6) is 0. The van der Waals surface area contributed by atoms with E-state index in [1.807, 2.05) is 0 Å². The summed E-state index contributed by atoms with van der Waals surface area (Å²) >= 11 is 5.35. The molecule has 1 heterocycles. The number of thiophene rings is 1. The van der Waals surface area contributed by atoms with Crippen LogP contribution in [0.2, 0.25) is 0 Å². The Balaban J connectivity index is 2.35. The molecular weight excluding hydrogens is 294 g/mol. The Hall–Kier alpha value is -0.640. The predicted octanol–water partition coefficient (Wildman–Crippen LogP) is 4.52. The van der Waals surface area contributed by atoms with E-state index in [0.29, 0.717) is 6.04 Å². The Morgan fingerprint density at radius 3 is 2.71 bits per heavy atom. The van der Waals surface area contributed by atoms with E-state index in [2.05, 4.69) is 70.1 Å². The fraction of sp³-hybridized carbons (Fsp3) is 0.286. The van der Waals surface area contributed by atoms with Crippen molar-refractivity contribution in [2.75, 3.05) is 6.54 Å². The Morgan fingerprint density at radius 1 is 1.29 bits per heavy atom.